The molecule has 0 spiro atoms. The van der Waals surface area contributed by atoms with E-state index in [1.165, 1.54) is 0 Å². The number of ether oxygens (including phenoxy) is 1. The van der Waals surface area contributed by atoms with Crippen molar-refractivity contribution in [3.05, 3.63) is 64.7 Å². The molecule has 5 nitrogen and oxygen atoms in total. The van der Waals surface area contributed by atoms with E-state index >= 15 is 0 Å². The summed E-state index contributed by atoms with van der Waals surface area (Å²) in [6, 6.07) is 15.2. The number of carbonyl (C=O) groups excluding carboxylic acids is 2. The number of benzene rings is 2. The minimum absolute atomic E-state index is 0.0303. The number of likely N-dealkylation sites (tertiary alicyclic amines) is 1. The van der Waals surface area contributed by atoms with E-state index in [4.69, 9.17) is 16.3 Å². The van der Waals surface area contributed by atoms with Gasteiger partial charge in [-0.3, -0.25) is 9.59 Å². The molecule has 1 saturated heterocycles. The highest BCUT2D eigenvalue weighted by Crippen LogP contribution is 2.32. The van der Waals surface area contributed by atoms with E-state index in [1.807, 2.05) is 34.1 Å². The van der Waals surface area contributed by atoms with Gasteiger partial charge in [0.15, 0.2) is 0 Å². The molecule has 0 N–H and O–H groups in total. The lowest BCUT2D eigenvalue weighted by molar-refractivity contribution is -0.138. The normalized spacial score (nSPS) is 18.7. The number of carbonyl (C=O) groups is 2. The van der Waals surface area contributed by atoms with Crippen molar-refractivity contribution in [1.29, 1.82) is 0 Å². The number of piperidine rings is 1. The topological polar surface area (TPSA) is 49.9 Å². The van der Waals surface area contributed by atoms with E-state index in [0.717, 1.165) is 37.0 Å². The fourth-order valence-corrected chi connectivity index (χ4v) is 4.20. The molecule has 1 aliphatic heterocycles. The molecule has 1 aliphatic carbocycles. The Labute approximate surface area is 182 Å². The maximum absolute atomic E-state index is 13.4. The standard InChI is InChI=1S/C24H27ClN2O3/c1-30-22-12-4-17(5-13-22)15-27(21-10-11-21)24(29)19-3-2-14-26(16-19)23(28)18-6-8-20(25)9-7-18/h4-9,12-13,19,21H,2-3,10-11,14-16H2,1H3/t19-/m1/s1. The van der Waals surface area contributed by atoms with Crippen LogP contribution in [0.2, 0.25) is 5.02 Å². The second kappa shape index (κ2) is 9.09. The van der Waals surface area contributed by atoms with Gasteiger partial charge in [0.05, 0.1) is 13.0 Å². The molecule has 1 atom stereocenters. The Bertz CT molecular complexity index is 894. The summed E-state index contributed by atoms with van der Waals surface area (Å²) >= 11 is 5.94. The second-order valence-corrected chi connectivity index (χ2v) is 8.58. The van der Waals surface area contributed by atoms with Crippen molar-refractivity contribution in [3.63, 3.8) is 0 Å². The van der Waals surface area contributed by atoms with Gasteiger partial charge in [0, 0.05) is 36.3 Å². The van der Waals surface area contributed by atoms with Gasteiger partial charge in [0.25, 0.3) is 5.91 Å². The van der Waals surface area contributed by atoms with Gasteiger partial charge in [-0.15, -0.1) is 0 Å². The third-order valence-electron chi connectivity index (χ3n) is 5.93. The minimum Gasteiger partial charge on any atom is -0.497 e. The Balaban J connectivity index is 1.43. The molecule has 2 aromatic rings. The molecule has 0 radical (unpaired) electrons. The predicted octanol–water partition coefficient (Wildman–Crippen LogP) is 4.39. The summed E-state index contributed by atoms with van der Waals surface area (Å²) in [4.78, 5) is 30.1. The van der Waals surface area contributed by atoms with Gasteiger partial charge in [-0.1, -0.05) is 23.7 Å². The van der Waals surface area contributed by atoms with Gasteiger partial charge >= 0.3 is 0 Å². The maximum Gasteiger partial charge on any atom is 0.253 e. The van der Waals surface area contributed by atoms with E-state index in [2.05, 4.69) is 0 Å². The quantitative estimate of drug-likeness (QED) is 0.688. The van der Waals surface area contributed by atoms with Crippen LogP contribution in [0.15, 0.2) is 48.5 Å². The zero-order valence-corrected chi connectivity index (χ0v) is 18.0. The Morgan fingerprint density at radius 3 is 2.40 bits per heavy atom. The van der Waals surface area contributed by atoms with Gasteiger partial charge < -0.3 is 14.5 Å². The molecule has 4 rings (SSSR count). The first-order chi connectivity index (χ1) is 14.5. The fraction of sp³-hybridized carbons (Fsp3) is 0.417. The van der Waals surface area contributed by atoms with Crippen molar-refractivity contribution in [2.75, 3.05) is 20.2 Å². The molecule has 2 aliphatic rings. The molecule has 1 heterocycles. The van der Waals surface area contributed by atoms with Crippen LogP contribution in [-0.2, 0) is 11.3 Å². The molecular formula is C24H27ClN2O3. The van der Waals surface area contributed by atoms with Crippen molar-refractivity contribution in [1.82, 2.24) is 9.80 Å². The summed E-state index contributed by atoms with van der Waals surface area (Å²) < 4.78 is 5.23. The highest BCUT2D eigenvalue weighted by Gasteiger charge is 2.38. The molecule has 2 amide bonds. The number of nitrogens with zero attached hydrogens (tertiary/aromatic N) is 2. The minimum atomic E-state index is -0.145. The molecule has 2 aromatic carbocycles. The number of hydrogen-bond donors (Lipinski definition) is 0. The number of rotatable bonds is 6. The lowest BCUT2D eigenvalue weighted by Crippen LogP contribution is -2.47. The third kappa shape index (κ3) is 4.78. The van der Waals surface area contributed by atoms with Gasteiger partial charge in [0.1, 0.15) is 5.75 Å². The predicted molar refractivity (Wildman–Crippen MR) is 117 cm³/mol. The summed E-state index contributed by atoms with van der Waals surface area (Å²) in [5, 5.41) is 0.608. The molecule has 6 heteroatoms. The van der Waals surface area contributed by atoms with E-state index in [-0.39, 0.29) is 17.7 Å². The van der Waals surface area contributed by atoms with E-state index < -0.39 is 0 Å². The van der Waals surface area contributed by atoms with Crippen LogP contribution in [0.25, 0.3) is 0 Å². The Morgan fingerprint density at radius 2 is 1.77 bits per heavy atom. The summed E-state index contributed by atoms with van der Waals surface area (Å²) in [6.07, 6.45) is 3.79. The summed E-state index contributed by atoms with van der Waals surface area (Å²) in [6.45, 7) is 1.77. The molecule has 1 saturated carbocycles. The summed E-state index contributed by atoms with van der Waals surface area (Å²) in [5.74, 6) is 0.805. The number of methoxy groups -OCH3 is 1. The Morgan fingerprint density at radius 1 is 1.07 bits per heavy atom. The van der Waals surface area contributed by atoms with Crippen LogP contribution in [-0.4, -0.2) is 47.9 Å². The van der Waals surface area contributed by atoms with Crippen LogP contribution in [0.5, 0.6) is 5.75 Å². The van der Waals surface area contributed by atoms with E-state index in [1.54, 1.807) is 31.4 Å². The molecule has 0 unspecified atom stereocenters. The van der Waals surface area contributed by atoms with Gasteiger partial charge in [-0.05, 0) is 67.6 Å². The lowest BCUT2D eigenvalue weighted by Gasteiger charge is -2.35. The molecule has 0 aromatic heterocycles. The number of hydrogen-bond acceptors (Lipinski definition) is 3. The van der Waals surface area contributed by atoms with Crippen LogP contribution in [0.1, 0.15) is 41.6 Å². The van der Waals surface area contributed by atoms with Crippen LogP contribution in [0.3, 0.4) is 0 Å². The molecule has 30 heavy (non-hydrogen) atoms. The zero-order valence-electron chi connectivity index (χ0n) is 17.2. The smallest absolute Gasteiger partial charge is 0.253 e. The van der Waals surface area contributed by atoms with Gasteiger partial charge in [0.2, 0.25) is 5.91 Å². The number of amides is 2. The SMILES string of the molecule is COc1ccc(CN(C(=O)[C@@H]2CCCN(C(=O)c3ccc(Cl)cc3)C2)C2CC2)cc1. The average molecular weight is 427 g/mol. The van der Waals surface area contributed by atoms with Gasteiger partial charge in [-0.25, -0.2) is 0 Å². The lowest BCUT2D eigenvalue weighted by atomic mass is 9.95. The van der Waals surface area contributed by atoms with Crippen LogP contribution in [0, 0.1) is 5.92 Å². The Kier molecular flexibility index (Phi) is 6.28. The molecule has 158 valence electrons. The Hall–Kier alpha value is -2.53. The zero-order chi connectivity index (χ0) is 21.1. The van der Waals surface area contributed by atoms with Gasteiger partial charge in [-0.2, -0.15) is 0 Å². The largest absolute Gasteiger partial charge is 0.497 e. The van der Waals surface area contributed by atoms with Crippen LogP contribution < -0.4 is 4.74 Å². The van der Waals surface area contributed by atoms with Crippen molar-refractivity contribution in [2.24, 2.45) is 5.92 Å². The van der Waals surface area contributed by atoms with Crippen LogP contribution in [0.4, 0.5) is 0 Å². The highest BCUT2D eigenvalue weighted by molar-refractivity contribution is 6.30. The summed E-state index contributed by atoms with van der Waals surface area (Å²) in [5.41, 5.74) is 1.71. The molecule has 0 bridgehead atoms. The average Bonchev–Trinajstić information content (AvgIpc) is 3.63. The molecular weight excluding hydrogens is 400 g/mol. The number of halogens is 1. The first-order valence-electron chi connectivity index (χ1n) is 10.5. The first-order valence-corrected chi connectivity index (χ1v) is 10.9. The van der Waals surface area contributed by atoms with Crippen molar-refractivity contribution < 1.29 is 14.3 Å². The highest BCUT2D eigenvalue weighted by atomic mass is 35.5. The van der Waals surface area contributed by atoms with E-state index in [0.29, 0.717) is 36.3 Å². The van der Waals surface area contributed by atoms with Crippen molar-refractivity contribution >= 4 is 23.4 Å². The van der Waals surface area contributed by atoms with Crippen LogP contribution >= 0.6 is 11.6 Å². The first kappa shape index (κ1) is 20.7. The molecule has 2 fully saturated rings. The second-order valence-electron chi connectivity index (χ2n) is 8.14. The summed E-state index contributed by atoms with van der Waals surface area (Å²) in [7, 11) is 1.65. The fourth-order valence-electron chi connectivity index (χ4n) is 4.07. The van der Waals surface area contributed by atoms with E-state index in [9.17, 15) is 9.59 Å². The monoisotopic (exact) mass is 426 g/mol. The van der Waals surface area contributed by atoms with Crippen molar-refractivity contribution in [2.45, 2.75) is 38.3 Å². The third-order valence-corrected chi connectivity index (χ3v) is 6.18. The van der Waals surface area contributed by atoms with Crippen molar-refractivity contribution in [3.8, 4) is 5.75 Å². The maximum atomic E-state index is 13.4.